The maximum absolute atomic E-state index is 12.2. The molecule has 110 valence electrons. The van der Waals surface area contributed by atoms with E-state index in [2.05, 4.69) is 27.0 Å². The molecule has 0 spiro atoms. The van der Waals surface area contributed by atoms with Crippen molar-refractivity contribution in [1.82, 2.24) is 9.55 Å². The number of nitrogens with one attached hydrogen (secondary N) is 1. The number of fused-ring (bicyclic) bond motifs is 2. The maximum Gasteiger partial charge on any atom is 0.258 e. The SMILES string of the molecule is Cl.Cn1cc(/C=C2\C(=O)Nc3cccnc32)c2ccccc21. The van der Waals surface area contributed by atoms with Crippen LogP contribution in [0.3, 0.4) is 0 Å². The van der Waals surface area contributed by atoms with Crippen molar-refractivity contribution >= 4 is 46.6 Å². The first-order valence-electron chi connectivity index (χ1n) is 6.76. The van der Waals surface area contributed by atoms with Crippen molar-refractivity contribution in [2.75, 3.05) is 5.32 Å². The van der Waals surface area contributed by atoms with Gasteiger partial charge in [-0.15, -0.1) is 12.4 Å². The van der Waals surface area contributed by atoms with Crippen LogP contribution in [0.5, 0.6) is 0 Å². The van der Waals surface area contributed by atoms with Crippen LogP contribution in [0.25, 0.3) is 22.6 Å². The van der Waals surface area contributed by atoms with Crippen LogP contribution in [0.15, 0.2) is 48.8 Å². The molecule has 0 saturated heterocycles. The number of carbonyl (C=O) groups excluding carboxylic acids is 1. The third kappa shape index (κ3) is 2.09. The molecule has 0 bridgehead atoms. The number of benzene rings is 1. The van der Waals surface area contributed by atoms with E-state index in [4.69, 9.17) is 0 Å². The number of aromatic nitrogens is 2. The average molecular weight is 312 g/mol. The van der Waals surface area contributed by atoms with Gasteiger partial charge >= 0.3 is 0 Å². The first kappa shape index (κ1) is 14.4. The number of nitrogens with zero attached hydrogens (tertiary/aromatic N) is 2. The molecule has 1 aliphatic heterocycles. The Labute approximate surface area is 133 Å². The number of aryl methyl sites for hydroxylation is 1. The van der Waals surface area contributed by atoms with Gasteiger partial charge in [0.05, 0.1) is 17.0 Å². The van der Waals surface area contributed by atoms with E-state index >= 15 is 0 Å². The van der Waals surface area contributed by atoms with Crippen molar-refractivity contribution in [3.8, 4) is 0 Å². The van der Waals surface area contributed by atoms with Gasteiger partial charge in [0.1, 0.15) is 0 Å². The molecule has 1 aliphatic rings. The predicted molar refractivity (Wildman–Crippen MR) is 90.9 cm³/mol. The molecule has 3 aromatic rings. The predicted octanol–water partition coefficient (Wildman–Crippen LogP) is 3.49. The Kier molecular flexibility index (Phi) is 3.47. The zero-order valence-corrected chi connectivity index (χ0v) is 12.7. The monoisotopic (exact) mass is 311 g/mol. The van der Waals surface area contributed by atoms with Gasteiger partial charge in [0.2, 0.25) is 0 Å². The summed E-state index contributed by atoms with van der Waals surface area (Å²) in [7, 11) is 2.01. The van der Waals surface area contributed by atoms with Crippen LogP contribution >= 0.6 is 12.4 Å². The van der Waals surface area contributed by atoms with E-state index in [0.717, 1.165) is 27.8 Å². The molecular formula is C17H14ClN3O. The normalized spacial score (nSPS) is 14.8. The van der Waals surface area contributed by atoms with Crippen LogP contribution in [-0.2, 0) is 11.8 Å². The molecule has 2 aromatic heterocycles. The Balaban J connectivity index is 0.00000144. The van der Waals surface area contributed by atoms with E-state index in [-0.39, 0.29) is 18.3 Å². The van der Waals surface area contributed by atoms with Gasteiger partial charge in [-0.25, -0.2) is 0 Å². The second-order valence-electron chi connectivity index (χ2n) is 5.12. The summed E-state index contributed by atoms with van der Waals surface area (Å²) in [6.45, 7) is 0. The van der Waals surface area contributed by atoms with Crippen LogP contribution < -0.4 is 5.32 Å². The second kappa shape index (κ2) is 5.31. The summed E-state index contributed by atoms with van der Waals surface area (Å²) in [5.74, 6) is -0.100. The van der Waals surface area contributed by atoms with E-state index in [0.29, 0.717) is 5.57 Å². The Morgan fingerprint density at radius 3 is 2.86 bits per heavy atom. The number of amides is 1. The van der Waals surface area contributed by atoms with Crippen molar-refractivity contribution < 1.29 is 4.79 Å². The zero-order chi connectivity index (χ0) is 14.4. The van der Waals surface area contributed by atoms with Gasteiger partial charge in [0.15, 0.2) is 0 Å². The van der Waals surface area contributed by atoms with Gasteiger partial charge in [0.25, 0.3) is 5.91 Å². The lowest BCUT2D eigenvalue weighted by atomic mass is 10.1. The fourth-order valence-corrected chi connectivity index (χ4v) is 2.80. The number of carbonyl (C=O) groups is 1. The molecule has 0 radical (unpaired) electrons. The van der Waals surface area contributed by atoms with Crippen LogP contribution in [0.4, 0.5) is 5.69 Å². The largest absolute Gasteiger partial charge is 0.350 e. The molecule has 0 unspecified atom stereocenters. The van der Waals surface area contributed by atoms with Crippen molar-refractivity contribution in [2.24, 2.45) is 7.05 Å². The van der Waals surface area contributed by atoms with Crippen LogP contribution in [0, 0.1) is 0 Å². The van der Waals surface area contributed by atoms with Gasteiger partial charge in [-0.1, -0.05) is 18.2 Å². The number of pyridine rings is 1. The van der Waals surface area contributed by atoms with Crippen molar-refractivity contribution in [2.45, 2.75) is 0 Å². The standard InChI is InChI=1S/C17H13N3O.ClH/c1-20-10-11(12-5-2-3-7-15(12)20)9-13-16-14(19-17(13)21)6-4-8-18-16;/h2-10H,1H3,(H,19,21);1H/b13-9-;. The highest BCUT2D eigenvalue weighted by Crippen LogP contribution is 2.32. The summed E-state index contributed by atoms with van der Waals surface area (Å²) >= 11 is 0. The van der Waals surface area contributed by atoms with E-state index in [1.807, 2.05) is 43.6 Å². The van der Waals surface area contributed by atoms with Gasteiger partial charge in [0, 0.05) is 35.9 Å². The number of hydrogen-bond donors (Lipinski definition) is 1. The minimum absolute atomic E-state index is 0. The van der Waals surface area contributed by atoms with Crippen molar-refractivity contribution in [1.29, 1.82) is 0 Å². The number of halogens is 1. The number of rotatable bonds is 1. The maximum atomic E-state index is 12.2. The minimum atomic E-state index is -0.100. The summed E-state index contributed by atoms with van der Waals surface area (Å²) in [6.07, 6.45) is 5.65. The molecule has 1 amide bonds. The number of para-hydroxylation sites is 1. The third-order valence-corrected chi connectivity index (χ3v) is 3.78. The van der Waals surface area contributed by atoms with Gasteiger partial charge < -0.3 is 9.88 Å². The summed E-state index contributed by atoms with van der Waals surface area (Å²) in [5, 5.41) is 3.98. The minimum Gasteiger partial charge on any atom is -0.350 e. The zero-order valence-electron chi connectivity index (χ0n) is 11.9. The van der Waals surface area contributed by atoms with Gasteiger partial charge in [-0.3, -0.25) is 9.78 Å². The van der Waals surface area contributed by atoms with E-state index in [1.165, 1.54) is 0 Å². The lowest BCUT2D eigenvalue weighted by Crippen LogP contribution is -2.03. The van der Waals surface area contributed by atoms with Crippen LogP contribution in [0.2, 0.25) is 0 Å². The molecule has 4 rings (SSSR count). The topological polar surface area (TPSA) is 46.9 Å². The molecule has 1 aromatic carbocycles. The highest BCUT2D eigenvalue weighted by atomic mass is 35.5. The average Bonchev–Trinajstić information content (AvgIpc) is 2.99. The molecule has 3 heterocycles. The van der Waals surface area contributed by atoms with Crippen LogP contribution in [-0.4, -0.2) is 15.5 Å². The van der Waals surface area contributed by atoms with E-state index in [9.17, 15) is 4.79 Å². The molecule has 0 fully saturated rings. The fraction of sp³-hybridized carbons (Fsp3) is 0.0588. The molecule has 5 heteroatoms. The molecule has 22 heavy (non-hydrogen) atoms. The first-order valence-corrected chi connectivity index (χ1v) is 6.76. The Morgan fingerprint density at radius 1 is 1.18 bits per heavy atom. The fourth-order valence-electron chi connectivity index (χ4n) is 2.80. The molecular weight excluding hydrogens is 298 g/mol. The Hall–Kier alpha value is -2.59. The smallest absolute Gasteiger partial charge is 0.258 e. The molecule has 0 saturated carbocycles. The molecule has 0 atom stereocenters. The number of anilines is 1. The first-order chi connectivity index (χ1) is 10.2. The molecule has 4 nitrogen and oxygen atoms in total. The molecule has 0 aliphatic carbocycles. The molecule has 1 N–H and O–H groups in total. The second-order valence-corrected chi connectivity index (χ2v) is 5.12. The lowest BCUT2D eigenvalue weighted by molar-refractivity contribution is -0.110. The highest BCUT2D eigenvalue weighted by Gasteiger charge is 2.25. The Morgan fingerprint density at radius 2 is 2.00 bits per heavy atom. The van der Waals surface area contributed by atoms with Crippen molar-refractivity contribution in [3.05, 3.63) is 60.0 Å². The summed E-state index contributed by atoms with van der Waals surface area (Å²) in [6, 6.07) is 11.8. The number of hydrogen-bond acceptors (Lipinski definition) is 2. The quantitative estimate of drug-likeness (QED) is 0.699. The lowest BCUT2D eigenvalue weighted by Gasteiger charge is -1.96. The van der Waals surface area contributed by atoms with Gasteiger partial charge in [-0.05, 0) is 24.3 Å². The Bertz CT molecular complexity index is 911. The summed E-state index contributed by atoms with van der Waals surface area (Å²) in [5.41, 5.74) is 4.27. The van der Waals surface area contributed by atoms with Crippen molar-refractivity contribution in [3.63, 3.8) is 0 Å². The van der Waals surface area contributed by atoms with Crippen LogP contribution in [0.1, 0.15) is 11.3 Å². The van der Waals surface area contributed by atoms with Gasteiger partial charge in [-0.2, -0.15) is 0 Å². The van der Waals surface area contributed by atoms with E-state index in [1.54, 1.807) is 6.20 Å². The highest BCUT2D eigenvalue weighted by molar-refractivity contribution is 6.34. The third-order valence-electron chi connectivity index (χ3n) is 3.78. The van der Waals surface area contributed by atoms with E-state index < -0.39 is 0 Å². The summed E-state index contributed by atoms with van der Waals surface area (Å²) in [4.78, 5) is 16.5. The summed E-state index contributed by atoms with van der Waals surface area (Å²) < 4.78 is 2.06.